The molecule has 1 aliphatic rings. The number of aromatic nitrogens is 1. The zero-order valence-electron chi connectivity index (χ0n) is 17.9. The third-order valence-corrected chi connectivity index (χ3v) is 5.73. The first-order valence-corrected chi connectivity index (χ1v) is 10.8. The Kier molecular flexibility index (Phi) is 5.42. The number of hydrogen-bond acceptors (Lipinski definition) is 3. The van der Waals surface area contributed by atoms with Crippen LogP contribution in [-0.2, 0) is 13.1 Å². The van der Waals surface area contributed by atoms with Crippen LogP contribution in [0.2, 0.25) is 0 Å². The number of amides is 2. The number of rotatable bonds is 5. The van der Waals surface area contributed by atoms with Crippen molar-refractivity contribution in [3.05, 3.63) is 108 Å². The highest BCUT2D eigenvalue weighted by molar-refractivity contribution is 5.76. The average molecular weight is 428 g/mol. The van der Waals surface area contributed by atoms with E-state index in [1.807, 2.05) is 66.4 Å². The van der Waals surface area contributed by atoms with Gasteiger partial charge in [0.25, 0.3) is 0 Å². The van der Waals surface area contributed by atoms with E-state index in [0.29, 0.717) is 19.7 Å². The van der Waals surface area contributed by atoms with Gasteiger partial charge in [-0.05, 0) is 60.5 Å². The fourth-order valence-electron chi connectivity index (χ4n) is 4.28. The first kappa shape index (κ1) is 20.0. The molecule has 4 aromatic rings. The van der Waals surface area contributed by atoms with E-state index in [-0.39, 0.29) is 12.1 Å². The minimum atomic E-state index is -0.260. The first-order chi connectivity index (χ1) is 15.7. The van der Waals surface area contributed by atoms with E-state index in [1.54, 1.807) is 6.26 Å². The summed E-state index contributed by atoms with van der Waals surface area (Å²) in [5.41, 5.74) is 4.23. The van der Waals surface area contributed by atoms with Crippen LogP contribution in [0.1, 0.15) is 35.5 Å². The third-order valence-electron chi connectivity index (χ3n) is 5.73. The van der Waals surface area contributed by atoms with E-state index in [1.165, 1.54) is 0 Å². The summed E-state index contributed by atoms with van der Waals surface area (Å²) >= 11 is 0. The SMILES string of the molecule is CCOc1ccc(C2c3cccn3-c3ccccc3CN2C(=O)NCc2ccco2)cc1. The second kappa shape index (κ2) is 8.67. The van der Waals surface area contributed by atoms with Crippen LogP contribution in [0.4, 0.5) is 4.79 Å². The molecule has 1 atom stereocenters. The number of nitrogens with one attached hydrogen (secondary N) is 1. The van der Waals surface area contributed by atoms with Crippen molar-refractivity contribution in [1.82, 2.24) is 14.8 Å². The molecule has 0 bridgehead atoms. The molecule has 2 aromatic heterocycles. The quantitative estimate of drug-likeness (QED) is 0.471. The van der Waals surface area contributed by atoms with E-state index in [9.17, 15) is 4.79 Å². The van der Waals surface area contributed by atoms with Crippen molar-refractivity contribution in [2.24, 2.45) is 0 Å². The molecule has 0 radical (unpaired) electrons. The van der Waals surface area contributed by atoms with Crippen molar-refractivity contribution >= 4 is 6.03 Å². The summed E-state index contributed by atoms with van der Waals surface area (Å²) in [6.07, 6.45) is 3.67. The fourth-order valence-corrected chi connectivity index (χ4v) is 4.28. The molecular formula is C26H25N3O3. The number of furan rings is 1. The summed E-state index contributed by atoms with van der Waals surface area (Å²) in [7, 11) is 0. The van der Waals surface area contributed by atoms with Crippen LogP contribution in [0, 0.1) is 0 Å². The highest BCUT2D eigenvalue weighted by atomic mass is 16.5. The van der Waals surface area contributed by atoms with Crippen LogP contribution in [0.15, 0.2) is 89.7 Å². The summed E-state index contributed by atoms with van der Waals surface area (Å²) in [5.74, 6) is 1.53. The molecule has 162 valence electrons. The van der Waals surface area contributed by atoms with Crippen LogP contribution < -0.4 is 10.1 Å². The van der Waals surface area contributed by atoms with E-state index < -0.39 is 0 Å². The monoisotopic (exact) mass is 427 g/mol. The van der Waals surface area contributed by atoms with E-state index >= 15 is 0 Å². The minimum absolute atomic E-state index is 0.148. The van der Waals surface area contributed by atoms with Crippen molar-refractivity contribution < 1.29 is 13.9 Å². The number of carbonyl (C=O) groups is 1. The number of carbonyl (C=O) groups excluding carboxylic acids is 1. The normalized spacial score (nSPS) is 14.9. The molecule has 5 rings (SSSR count). The molecule has 1 unspecified atom stereocenters. The van der Waals surface area contributed by atoms with Crippen molar-refractivity contribution in [3.8, 4) is 11.4 Å². The molecule has 2 amide bonds. The zero-order chi connectivity index (χ0) is 21.9. The highest BCUT2D eigenvalue weighted by Crippen LogP contribution is 2.37. The van der Waals surface area contributed by atoms with Crippen molar-refractivity contribution in [3.63, 3.8) is 0 Å². The van der Waals surface area contributed by atoms with Crippen LogP contribution in [0.25, 0.3) is 5.69 Å². The Morgan fingerprint density at radius 2 is 1.91 bits per heavy atom. The predicted molar refractivity (Wildman–Crippen MR) is 122 cm³/mol. The molecule has 6 nitrogen and oxygen atoms in total. The predicted octanol–water partition coefficient (Wildman–Crippen LogP) is 5.28. The molecule has 6 heteroatoms. The Morgan fingerprint density at radius 1 is 1.06 bits per heavy atom. The summed E-state index contributed by atoms with van der Waals surface area (Å²) in [6.45, 7) is 3.40. The molecule has 0 fully saturated rings. The van der Waals surface area contributed by atoms with E-state index in [4.69, 9.17) is 9.15 Å². The average Bonchev–Trinajstić information content (AvgIpc) is 3.49. The number of benzene rings is 2. The lowest BCUT2D eigenvalue weighted by molar-refractivity contribution is 0.179. The van der Waals surface area contributed by atoms with Gasteiger partial charge in [-0.2, -0.15) is 0 Å². The summed E-state index contributed by atoms with van der Waals surface area (Å²) in [5, 5.41) is 3.03. The molecule has 1 N–H and O–H groups in total. The van der Waals surface area contributed by atoms with Crippen LogP contribution >= 0.6 is 0 Å². The maximum absolute atomic E-state index is 13.5. The minimum Gasteiger partial charge on any atom is -0.494 e. The topological polar surface area (TPSA) is 59.6 Å². The molecule has 2 aromatic carbocycles. The van der Waals surface area contributed by atoms with Gasteiger partial charge >= 0.3 is 6.03 Å². The highest BCUT2D eigenvalue weighted by Gasteiger charge is 2.32. The summed E-state index contributed by atoms with van der Waals surface area (Å²) in [6, 6.07) is 23.6. The molecule has 0 saturated carbocycles. The van der Waals surface area contributed by atoms with Crippen molar-refractivity contribution in [2.75, 3.05) is 6.61 Å². The smallest absolute Gasteiger partial charge is 0.318 e. The van der Waals surface area contributed by atoms with Gasteiger partial charge in [-0.1, -0.05) is 30.3 Å². The Morgan fingerprint density at radius 3 is 2.69 bits per heavy atom. The van der Waals surface area contributed by atoms with Crippen LogP contribution in [0.3, 0.4) is 0 Å². The number of ether oxygens (including phenoxy) is 1. The second-order valence-corrected chi connectivity index (χ2v) is 7.70. The lowest BCUT2D eigenvalue weighted by atomic mass is 10.0. The van der Waals surface area contributed by atoms with Gasteiger partial charge in [-0.25, -0.2) is 4.79 Å². The maximum Gasteiger partial charge on any atom is 0.318 e. The summed E-state index contributed by atoms with van der Waals surface area (Å²) < 4.78 is 13.2. The van der Waals surface area contributed by atoms with Crippen LogP contribution in [-0.4, -0.2) is 22.1 Å². The molecule has 32 heavy (non-hydrogen) atoms. The van der Waals surface area contributed by atoms with Crippen molar-refractivity contribution in [2.45, 2.75) is 26.1 Å². The molecule has 1 aliphatic heterocycles. The number of fused-ring (bicyclic) bond motifs is 3. The van der Waals surface area contributed by atoms with Gasteiger partial charge in [-0.15, -0.1) is 0 Å². The van der Waals surface area contributed by atoms with Gasteiger partial charge in [-0.3, -0.25) is 0 Å². The lowest BCUT2D eigenvalue weighted by Crippen LogP contribution is -2.41. The Labute approximate surface area is 187 Å². The Balaban J connectivity index is 1.56. The van der Waals surface area contributed by atoms with Gasteiger partial charge < -0.3 is 23.9 Å². The van der Waals surface area contributed by atoms with Gasteiger partial charge in [0, 0.05) is 11.9 Å². The summed E-state index contributed by atoms with van der Waals surface area (Å²) in [4.78, 5) is 15.4. The Hall–Kier alpha value is -3.93. The largest absolute Gasteiger partial charge is 0.494 e. The van der Waals surface area contributed by atoms with Crippen molar-refractivity contribution in [1.29, 1.82) is 0 Å². The molecule has 3 heterocycles. The first-order valence-electron chi connectivity index (χ1n) is 10.8. The molecule has 0 saturated heterocycles. The van der Waals surface area contributed by atoms with Gasteiger partial charge in [0.15, 0.2) is 0 Å². The number of urea groups is 1. The molecule has 0 aliphatic carbocycles. The third kappa shape index (κ3) is 3.75. The number of nitrogens with zero attached hydrogens (tertiary/aromatic N) is 2. The molecule has 0 spiro atoms. The second-order valence-electron chi connectivity index (χ2n) is 7.70. The van der Waals surface area contributed by atoms with E-state index in [0.717, 1.165) is 34.0 Å². The Bertz CT molecular complexity index is 1200. The standard InChI is InChI=1S/C26H25N3O3/c1-2-31-21-13-11-19(12-14-21)25-24-10-5-15-28(24)23-9-4-3-7-20(23)18-29(25)26(30)27-17-22-8-6-16-32-22/h3-16,25H,2,17-18H2,1H3,(H,27,30). The van der Waals surface area contributed by atoms with Gasteiger partial charge in [0.1, 0.15) is 11.5 Å². The number of para-hydroxylation sites is 1. The van der Waals surface area contributed by atoms with Gasteiger partial charge in [0.05, 0.1) is 37.7 Å². The number of hydrogen-bond donors (Lipinski definition) is 1. The fraction of sp³-hybridized carbons (Fsp3) is 0.192. The van der Waals surface area contributed by atoms with E-state index in [2.05, 4.69) is 34.3 Å². The maximum atomic E-state index is 13.5. The zero-order valence-corrected chi connectivity index (χ0v) is 17.9. The molecular weight excluding hydrogens is 402 g/mol. The van der Waals surface area contributed by atoms with Crippen LogP contribution in [0.5, 0.6) is 5.75 Å². The van der Waals surface area contributed by atoms with Gasteiger partial charge in [0.2, 0.25) is 0 Å². The lowest BCUT2D eigenvalue weighted by Gasteiger charge is -2.31.